The number of carbonyl (C=O) groups is 1. The van der Waals surface area contributed by atoms with Crippen molar-refractivity contribution in [3.05, 3.63) is 66.0 Å². The zero-order valence-corrected chi connectivity index (χ0v) is 14.1. The second-order valence-corrected chi connectivity index (χ2v) is 6.63. The molecule has 1 amide bonds. The Morgan fingerprint density at radius 3 is 2.72 bits per heavy atom. The van der Waals surface area contributed by atoms with E-state index in [0.717, 1.165) is 43.5 Å². The van der Waals surface area contributed by atoms with Gasteiger partial charge in [0.1, 0.15) is 5.69 Å². The third-order valence-electron chi connectivity index (χ3n) is 4.81. The van der Waals surface area contributed by atoms with Crippen LogP contribution in [0.4, 0.5) is 0 Å². The van der Waals surface area contributed by atoms with Gasteiger partial charge in [-0.1, -0.05) is 30.3 Å². The average Bonchev–Trinajstić information content (AvgIpc) is 3.09. The number of aromatic amines is 1. The number of hydrogen-bond donors (Lipinski definition) is 2. The lowest BCUT2D eigenvalue weighted by Crippen LogP contribution is -2.44. The molecule has 5 nitrogen and oxygen atoms in total. The van der Waals surface area contributed by atoms with E-state index in [2.05, 4.69) is 44.5 Å². The number of aromatic nitrogens is 2. The Morgan fingerprint density at radius 2 is 1.96 bits per heavy atom. The number of amides is 1. The average molecular weight is 334 g/mol. The van der Waals surface area contributed by atoms with E-state index >= 15 is 0 Å². The molecule has 1 saturated heterocycles. The van der Waals surface area contributed by atoms with E-state index in [-0.39, 0.29) is 11.9 Å². The third kappa shape index (κ3) is 3.72. The second kappa shape index (κ2) is 7.07. The van der Waals surface area contributed by atoms with Gasteiger partial charge in [0.05, 0.1) is 11.0 Å². The Morgan fingerprint density at radius 1 is 1.16 bits per heavy atom. The maximum atomic E-state index is 12.5. The predicted octanol–water partition coefficient (Wildman–Crippen LogP) is 2.96. The van der Waals surface area contributed by atoms with Crippen LogP contribution < -0.4 is 5.32 Å². The summed E-state index contributed by atoms with van der Waals surface area (Å²) in [6.07, 6.45) is 3.70. The molecule has 1 aliphatic rings. The number of nitrogens with one attached hydrogen (secondary N) is 2. The van der Waals surface area contributed by atoms with Crippen molar-refractivity contribution in [1.82, 2.24) is 20.2 Å². The first-order chi connectivity index (χ1) is 12.3. The smallest absolute Gasteiger partial charge is 0.268 e. The summed E-state index contributed by atoms with van der Waals surface area (Å²) in [5, 5.41) is 3.16. The Bertz CT molecular complexity index is 817. The molecule has 2 N–H and O–H groups in total. The molecule has 4 rings (SSSR count). The number of nitrogens with zero attached hydrogens (tertiary/aromatic N) is 2. The van der Waals surface area contributed by atoms with Crippen molar-refractivity contribution >= 4 is 16.9 Å². The van der Waals surface area contributed by atoms with Gasteiger partial charge in [0.2, 0.25) is 0 Å². The van der Waals surface area contributed by atoms with Crippen molar-refractivity contribution in [2.45, 2.75) is 25.4 Å². The van der Waals surface area contributed by atoms with Gasteiger partial charge in [-0.2, -0.15) is 0 Å². The van der Waals surface area contributed by atoms with Gasteiger partial charge < -0.3 is 10.3 Å². The van der Waals surface area contributed by atoms with Crippen molar-refractivity contribution in [3.63, 3.8) is 0 Å². The molecule has 0 bridgehead atoms. The van der Waals surface area contributed by atoms with Crippen molar-refractivity contribution in [3.8, 4) is 0 Å². The number of H-pyrrole nitrogens is 1. The van der Waals surface area contributed by atoms with Crippen LogP contribution in [0.5, 0.6) is 0 Å². The third-order valence-corrected chi connectivity index (χ3v) is 4.81. The van der Waals surface area contributed by atoms with Crippen molar-refractivity contribution in [1.29, 1.82) is 0 Å². The maximum absolute atomic E-state index is 12.5. The van der Waals surface area contributed by atoms with E-state index in [1.54, 1.807) is 6.20 Å². The molecule has 0 atom stereocenters. The highest BCUT2D eigenvalue weighted by Gasteiger charge is 2.21. The molecule has 0 aliphatic carbocycles. The topological polar surface area (TPSA) is 61.0 Å². The molecule has 1 aromatic carbocycles. The summed E-state index contributed by atoms with van der Waals surface area (Å²) in [5.41, 5.74) is 3.65. The fourth-order valence-electron chi connectivity index (χ4n) is 3.42. The number of benzene rings is 1. The first-order valence-electron chi connectivity index (χ1n) is 8.79. The molecule has 0 spiro atoms. The van der Waals surface area contributed by atoms with Crippen LogP contribution in [0.15, 0.2) is 54.7 Å². The number of rotatable bonds is 4. The van der Waals surface area contributed by atoms with Crippen LogP contribution in [-0.2, 0) is 6.54 Å². The fraction of sp³-hybridized carbons (Fsp3) is 0.300. The molecule has 3 heterocycles. The number of pyridine rings is 1. The highest BCUT2D eigenvalue weighted by molar-refractivity contribution is 5.97. The SMILES string of the molecule is O=C(NC1CCN(Cc2ccccc2)CC1)c1cc2ncccc2[nH]1. The Hall–Kier alpha value is -2.66. The van der Waals surface area contributed by atoms with Gasteiger partial charge in [-0.15, -0.1) is 0 Å². The van der Waals surface area contributed by atoms with Crippen LogP contribution in [0.1, 0.15) is 28.9 Å². The number of carbonyl (C=O) groups excluding carboxylic acids is 1. The van der Waals surface area contributed by atoms with Crippen LogP contribution in [0.3, 0.4) is 0 Å². The number of hydrogen-bond acceptors (Lipinski definition) is 3. The maximum Gasteiger partial charge on any atom is 0.268 e. The minimum atomic E-state index is -0.0421. The van der Waals surface area contributed by atoms with E-state index < -0.39 is 0 Å². The van der Waals surface area contributed by atoms with Gasteiger partial charge >= 0.3 is 0 Å². The standard InChI is InChI=1S/C20H22N4O/c25-20(19-13-18-17(23-19)7-4-10-21-18)22-16-8-11-24(12-9-16)14-15-5-2-1-3-6-15/h1-7,10,13,16,23H,8-9,11-12,14H2,(H,22,25). The van der Waals surface area contributed by atoms with E-state index in [4.69, 9.17) is 0 Å². The summed E-state index contributed by atoms with van der Waals surface area (Å²) in [6, 6.07) is 16.4. The molecular formula is C20H22N4O. The zero-order valence-electron chi connectivity index (χ0n) is 14.1. The first kappa shape index (κ1) is 15.8. The number of likely N-dealkylation sites (tertiary alicyclic amines) is 1. The fourth-order valence-corrected chi connectivity index (χ4v) is 3.42. The summed E-state index contributed by atoms with van der Waals surface area (Å²) in [4.78, 5) is 22.3. The Balaban J connectivity index is 1.31. The second-order valence-electron chi connectivity index (χ2n) is 6.63. The lowest BCUT2D eigenvalue weighted by Gasteiger charge is -2.32. The lowest BCUT2D eigenvalue weighted by atomic mass is 10.0. The Labute approximate surface area is 147 Å². The van der Waals surface area contributed by atoms with Crippen molar-refractivity contribution in [2.75, 3.05) is 13.1 Å². The summed E-state index contributed by atoms with van der Waals surface area (Å²) < 4.78 is 0. The van der Waals surface area contributed by atoms with E-state index in [1.165, 1.54) is 5.56 Å². The number of piperidine rings is 1. The molecule has 0 saturated carbocycles. The highest BCUT2D eigenvalue weighted by atomic mass is 16.1. The predicted molar refractivity (Wildman–Crippen MR) is 98.3 cm³/mol. The molecule has 1 aliphatic heterocycles. The van der Waals surface area contributed by atoms with Crippen LogP contribution in [0.25, 0.3) is 11.0 Å². The molecule has 5 heteroatoms. The molecule has 128 valence electrons. The normalized spacial score (nSPS) is 16.2. The van der Waals surface area contributed by atoms with Crippen LogP contribution >= 0.6 is 0 Å². The summed E-state index contributed by atoms with van der Waals surface area (Å²) in [6.45, 7) is 3.00. The lowest BCUT2D eigenvalue weighted by molar-refractivity contribution is 0.0904. The van der Waals surface area contributed by atoms with E-state index in [1.807, 2.05) is 24.3 Å². The van der Waals surface area contributed by atoms with E-state index in [9.17, 15) is 4.79 Å². The summed E-state index contributed by atoms with van der Waals surface area (Å²) in [7, 11) is 0. The Kier molecular flexibility index (Phi) is 4.48. The zero-order chi connectivity index (χ0) is 17.1. The van der Waals surface area contributed by atoms with Gasteiger partial charge in [0.15, 0.2) is 0 Å². The van der Waals surface area contributed by atoms with Crippen LogP contribution in [0, 0.1) is 0 Å². The van der Waals surface area contributed by atoms with Gasteiger partial charge in [0.25, 0.3) is 5.91 Å². The molecular weight excluding hydrogens is 312 g/mol. The van der Waals surface area contributed by atoms with Crippen LogP contribution in [-0.4, -0.2) is 39.9 Å². The minimum absolute atomic E-state index is 0.0421. The van der Waals surface area contributed by atoms with Gasteiger partial charge in [-0.3, -0.25) is 14.7 Å². The summed E-state index contributed by atoms with van der Waals surface area (Å²) in [5.74, 6) is -0.0421. The first-order valence-corrected chi connectivity index (χ1v) is 8.79. The van der Waals surface area contributed by atoms with Crippen molar-refractivity contribution < 1.29 is 4.79 Å². The van der Waals surface area contributed by atoms with Crippen molar-refractivity contribution in [2.24, 2.45) is 0 Å². The molecule has 25 heavy (non-hydrogen) atoms. The van der Waals surface area contributed by atoms with Gasteiger partial charge in [-0.05, 0) is 36.6 Å². The highest BCUT2D eigenvalue weighted by Crippen LogP contribution is 2.16. The quantitative estimate of drug-likeness (QED) is 0.771. The van der Waals surface area contributed by atoms with E-state index in [0.29, 0.717) is 5.69 Å². The molecule has 1 fully saturated rings. The monoisotopic (exact) mass is 334 g/mol. The van der Waals surface area contributed by atoms with Gasteiger partial charge in [0, 0.05) is 31.9 Å². The number of fused-ring (bicyclic) bond motifs is 1. The summed E-state index contributed by atoms with van der Waals surface area (Å²) >= 11 is 0. The largest absolute Gasteiger partial charge is 0.349 e. The molecule has 0 radical (unpaired) electrons. The molecule has 0 unspecified atom stereocenters. The minimum Gasteiger partial charge on any atom is -0.349 e. The van der Waals surface area contributed by atoms with Gasteiger partial charge in [-0.25, -0.2) is 0 Å². The van der Waals surface area contributed by atoms with Crippen LogP contribution in [0.2, 0.25) is 0 Å². The molecule has 3 aromatic rings. The molecule has 2 aromatic heterocycles.